The molecule has 26 heavy (non-hydrogen) atoms. The summed E-state index contributed by atoms with van der Waals surface area (Å²) in [4.78, 5) is 27.0. The first-order chi connectivity index (χ1) is 12.0. The summed E-state index contributed by atoms with van der Waals surface area (Å²) in [6.07, 6.45) is 2.23. The van der Waals surface area contributed by atoms with E-state index in [4.69, 9.17) is 0 Å². The van der Waals surface area contributed by atoms with Crippen molar-refractivity contribution in [3.63, 3.8) is 0 Å². The van der Waals surface area contributed by atoms with Crippen LogP contribution in [0.5, 0.6) is 0 Å². The molecule has 144 valence electrons. The summed E-state index contributed by atoms with van der Waals surface area (Å²) >= 11 is 1.58. The van der Waals surface area contributed by atoms with Gasteiger partial charge in [-0.25, -0.2) is 0 Å². The van der Waals surface area contributed by atoms with Crippen LogP contribution in [0.15, 0.2) is 29.2 Å². The quantitative estimate of drug-likeness (QED) is 0.766. The van der Waals surface area contributed by atoms with E-state index in [1.807, 2.05) is 31.2 Å². The molecule has 2 heterocycles. The van der Waals surface area contributed by atoms with Crippen molar-refractivity contribution in [1.29, 1.82) is 0 Å². The topological polar surface area (TPSA) is 61.4 Å². The van der Waals surface area contributed by atoms with Gasteiger partial charge < -0.3 is 15.5 Å². The molecule has 3 atom stereocenters. The molecule has 0 spiro atoms. The number of amides is 2. The number of hydrogen-bond donors (Lipinski definition) is 2. The summed E-state index contributed by atoms with van der Waals surface area (Å²) in [5, 5.41) is 6.14. The number of thioether (sulfide) groups is 1. The molecule has 0 radical (unpaired) electrons. The molecule has 3 rings (SSSR count). The fraction of sp³-hybridized carbons (Fsp3) is 0.579. The van der Waals surface area contributed by atoms with Gasteiger partial charge in [0, 0.05) is 30.6 Å². The number of carbonyl (C=O) groups is 2. The van der Waals surface area contributed by atoms with Gasteiger partial charge in [0.05, 0.1) is 5.25 Å². The van der Waals surface area contributed by atoms with Gasteiger partial charge in [-0.2, -0.15) is 0 Å². The van der Waals surface area contributed by atoms with Crippen LogP contribution < -0.4 is 10.6 Å². The predicted molar refractivity (Wildman–Crippen MR) is 109 cm³/mol. The summed E-state index contributed by atoms with van der Waals surface area (Å²) in [6.45, 7) is 7.47. The first kappa shape index (κ1) is 21.1. The van der Waals surface area contributed by atoms with Crippen molar-refractivity contribution in [2.45, 2.75) is 36.8 Å². The van der Waals surface area contributed by atoms with Crippen molar-refractivity contribution < 1.29 is 9.59 Å². The first-order valence-corrected chi connectivity index (χ1v) is 9.94. The number of hydrogen-bond acceptors (Lipinski definition) is 4. The van der Waals surface area contributed by atoms with Crippen LogP contribution in [0, 0.1) is 11.8 Å². The Morgan fingerprint density at radius 2 is 1.73 bits per heavy atom. The number of fused-ring (bicyclic) bond motifs is 1. The Balaban J connectivity index is 0.00000243. The van der Waals surface area contributed by atoms with E-state index < -0.39 is 0 Å². The second-order valence-electron chi connectivity index (χ2n) is 7.05. The Bertz CT molecular complexity index is 612. The summed E-state index contributed by atoms with van der Waals surface area (Å²) < 4.78 is 0. The van der Waals surface area contributed by atoms with Gasteiger partial charge >= 0.3 is 0 Å². The maximum atomic E-state index is 12.8. The highest BCUT2D eigenvalue weighted by Gasteiger charge is 2.32. The highest BCUT2D eigenvalue weighted by Crippen LogP contribution is 2.30. The summed E-state index contributed by atoms with van der Waals surface area (Å²) in [5.74, 6) is 1.64. The number of nitrogens with one attached hydrogen (secondary N) is 2. The molecule has 2 amide bonds. The van der Waals surface area contributed by atoms with Gasteiger partial charge in [-0.15, -0.1) is 24.2 Å². The first-order valence-electron chi connectivity index (χ1n) is 9.06. The van der Waals surface area contributed by atoms with E-state index in [0.717, 1.165) is 61.4 Å². The normalized spacial score (nSPS) is 23.4. The zero-order chi connectivity index (χ0) is 17.8. The third kappa shape index (κ3) is 5.38. The van der Waals surface area contributed by atoms with Crippen LogP contribution in [-0.4, -0.2) is 48.1 Å². The Labute approximate surface area is 166 Å². The zero-order valence-corrected chi connectivity index (χ0v) is 17.0. The van der Waals surface area contributed by atoms with Gasteiger partial charge in [-0.1, -0.05) is 0 Å². The average molecular weight is 398 g/mol. The monoisotopic (exact) mass is 397 g/mol. The minimum absolute atomic E-state index is 0. The fourth-order valence-corrected chi connectivity index (χ4v) is 4.72. The maximum Gasteiger partial charge on any atom is 0.235 e. The van der Waals surface area contributed by atoms with Crippen molar-refractivity contribution in [1.82, 2.24) is 10.2 Å². The SMILES string of the molecule is CC(=O)Nc1ccc(SC(C)C(=O)N2CC[C@@H]3CNC[C@@H]3CC2)cc1.Cl. The van der Waals surface area contributed by atoms with E-state index >= 15 is 0 Å². The number of likely N-dealkylation sites (tertiary alicyclic amines) is 1. The predicted octanol–water partition coefficient (Wildman–Crippen LogP) is 3.01. The van der Waals surface area contributed by atoms with Gasteiger partial charge in [-0.3, -0.25) is 9.59 Å². The molecule has 1 aromatic rings. The molecule has 2 N–H and O–H groups in total. The third-order valence-corrected chi connectivity index (χ3v) is 6.27. The standard InChI is InChI=1S/C19H27N3O2S.ClH/c1-13(25-18-5-3-17(4-6-18)21-14(2)23)19(24)22-9-7-15-11-20-12-16(15)8-10-22;/h3-6,13,15-16,20H,7-12H2,1-2H3,(H,21,23);1H/t13?,15-,16+;. The molecule has 2 aliphatic heterocycles. The lowest BCUT2D eigenvalue weighted by atomic mass is 9.92. The maximum absolute atomic E-state index is 12.8. The molecule has 2 aliphatic rings. The van der Waals surface area contributed by atoms with Gasteiger partial charge in [0.1, 0.15) is 0 Å². The molecule has 0 aromatic heterocycles. The second kappa shape index (κ2) is 9.62. The van der Waals surface area contributed by atoms with Crippen molar-refractivity contribution in [3.8, 4) is 0 Å². The number of anilines is 1. The van der Waals surface area contributed by atoms with Gasteiger partial charge in [0.15, 0.2) is 0 Å². The molecule has 0 saturated carbocycles. The molecule has 7 heteroatoms. The fourth-order valence-electron chi connectivity index (χ4n) is 3.77. The summed E-state index contributed by atoms with van der Waals surface area (Å²) in [5.41, 5.74) is 0.781. The number of halogens is 1. The molecule has 1 unspecified atom stereocenters. The van der Waals surface area contributed by atoms with E-state index in [-0.39, 0.29) is 29.5 Å². The van der Waals surface area contributed by atoms with Gasteiger partial charge in [0.25, 0.3) is 0 Å². The zero-order valence-electron chi connectivity index (χ0n) is 15.4. The Hall–Kier alpha value is -1.24. The third-order valence-electron chi connectivity index (χ3n) is 5.17. The Morgan fingerprint density at radius 3 is 2.27 bits per heavy atom. The van der Waals surface area contributed by atoms with Crippen molar-refractivity contribution in [3.05, 3.63) is 24.3 Å². The number of benzene rings is 1. The average Bonchev–Trinajstić information content (AvgIpc) is 2.94. The number of carbonyl (C=O) groups excluding carboxylic acids is 2. The molecule has 0 aliphatic carbocycles. The van der Waals surface area contributed by atoms with E-state index in [1.165, 1.54) is 6.92 Å². The molecular formula is C19H28ClN3O2S. The molecule has 0 bridgehead atoms. The van der Waals surface area contributed by atoms with E-state index in [0.29, 0.717) is 0 Å². The van der Waals surface area contributed by atoms with Crippen LogP contribution in [-0.2, 0) is 9.59 Å². The second-order valence-corrected chi connectivity index (χ2v) is 8.46. The lowest BCUT2D eigenvalue weighted by Crippen LogP contribution is -2.37. The van der Waals surface area contributed by atoms with E-state index in [1.54, 1.807) is 11.8 Å². The van der Waals surface area contributed by atoms with Crippen LogP contribution in [0.4, 0.5) is 5.69 Å². The highest BCUT2D eigenvalue weighted by molar-refractivity contribution is 8.00. The van der Waals surface area contributed by atoms with Gasteiger partial charge in [0.2, 0.25) is 11.8 Å². The summed E-state index contributed by atoms with van der Waals surface area (Å²) in [7, 11) is 0. The van der Waals surface area contributed by atoms with Gasteiger partial charge in [-0.05, 0) is 69.0 Å². The van der Waals surface area contributed by atoms with Crippen LogP contribution in [0.25, 0.3) is 0 Å². The van der Waals surface area contributed by atoms with Crippen molar-refractivity contribution in [2.75, 3.05) is 31.5 Å². The lowest BCUT2D eigenvalue weighted by molar-refractivity contribution is -0.130. The molecular weight excluding hydrogens is 370 g/mol. The summed E-state index contributed by atoms with van der Waals surface area (Å²) in [6, 6.07) is 7.67. The van der Waals surface area contributed by atoms with Crippen LogP contribution in [0.1, 0.15) is 26.7 Å². The lowest BCUT2D eigenvalue weighted by Gasteiger charge is -2.24. The van der Waals surface area contributed by atoms with Crippen molar-refractivity contribution >= 4 is 41.7 Å². The van der Waals surface area contributed by atoms with Crippen LogP contribution in [0.2, 0.25) is 0 Å². The minimum atomic E-state index is -0.0947. The van der Waals surface area contributed by atoms with E-state index in [9.17, 15) is 9.59 Å². The largest absolute Gasteiger partial charge is 0.342 e. The van der Waals surface area contributed by atoms with Crippen molar-refractivity contribution in [2.24, 2.45) is 11.8 Å². The molecule has 5 nitrogen and oxygen atoms in total. The van der Waals surface area contributed by atoms with Crippen LogP contribution in [0.3, 0.4) is 0 Å². The highest BCUT2D eigenvalue weighted by atomic mass is 35.5. The molecule has 2 fully saturated rings. The number of nitrogens with zero attached hydrogens (tertiary/aromatic N) is 1. The smallest absolute Gasteiger partial charge is 0.235 e. The minimum Gasteiger partial charge on any atom is -0.342 e. The van der Waals surface area contributed by atoms with Crippen LogP contribution >= 0.6 is 24.2 Å². The Kier molecular flexibility index (Phi) is 7.80. The molecule has 1 aromatic carbocycles. The molecule has 2 saturated heterocycles. The number of rotatable bonds is 4. The van der Waals surface area contributed by atoms with E-state index in [2.05, 4.69) is 15.5 Å². The Morgan fingerprint density at radius 1 is 1.15 bits per heavy atom.